The third kappa shape index (κ3) is 4.18. The molecule has 0 atom stereocenters. The number of esters is 1. The Kier molecular flexibility index (Phi) is 5.94. The van der Waals surface area contributed by atoms with Crippen LogP contribution in [-0.2, 0) is 14.3 Å². The van der Waals surface area contributed by atoms with Crippen molar-refractivity contribution in [3.8, 4) is 11.1 Å². The number of carbonyl (C=O) groups is 3. The summed E-state index contributed by atoms with van der Waals surface area (Å²) in [5.41, 5.74) is 3.97. The summed E-state index contributed by atoms with van der Waals surface area (Å²) in [7, 11) is 1.26. The molecule has 0 aliphatic heterocycles. The normalized spacial score (nSPS) is 10.8. The molecule has 0 bridgehead atoms. The number of carboxylic acid groups (broad SMARTS) is 1. The Balaban J connectivity index is 2.54. The molecule has 1 N–H and O–H groups in total. The molecule has 2 rings (SSSR count). The number of aliphatic carboxylic acids is 1. The van der Waals surface area contributed by atoms with Crippen LogP contribution in [0.4, 0.5) is 5.00 Å². The number of rotatable bonds is 5. The number of carboxylic acids is 1. The average molecular weight is 372 g/mol. The summed E-state index contributed by atoms with van der Waals surface area (Å²) in [6.45, 7) is 5.82. The first-order chi connectivity index (χ1) is 12.2. The first-order valence-electron chi connectivity index (χ1n) is 7.74. The summed E-state index contributed by atoms with van der Waals surface area (Å²) in [6, 6.07) is 5.84. The van der Waals surface area contributed by atoms with Crippen molar-refractivity contribution in [3.63, 3.8) is 0 Å². The lowest BCUT2D eigenvalue weighted by atomic mass is 9.97. The van der Waals surface area contributed by atoms with E-state index < -0.39 is 17.8 Å². The maximum absolute atomic E-state index is 12.4. The van der Waals surface area contributed by atoms with Crippen LogP contribution in [0, 0.1) is 20.8 Å². The Morgan fingerprint density at radius 1 is 1.12 bits per heavy atom. The van der Waals surface area contributed by atoms with Gasteiger partial charge in [0.15, 0.2) is 0 Å². The molecule has 0 spiro atoms. The third-order valence-electron chi connectivity index (χ3n) is 3.88. The minimum Gasteiger partial charge on any atom is -0.545 e. The third-order valence-corrected chi connectivity index (χ3v) is 4.90. The molecule has 136 valence electrons. The Morgan fingerprint density at radius 3 is 2.38 bits per heavy atom. The average Bonchev–Trinajstić information content (AvgIpc) is 2.90. The van der Waals surface area contributed by atoms with Gasteiger partial charge in [-0.1, -0.05) is 18.2 Å². The van der Waals surface area contributed by atoms with E-state index in [1.165, 1.54) is 18.4 Å². The molecule has 0 radical (unpaired) electrons. The maximum Gasteiger partial charge on any atom is 0.341 e. The molecule has 0 saturated heterocycles. The molecule has 2 aromatic rings. The Bertz CT molecular complexity index is 911. The van der Waals surface area contributed by atoms with E-state index in [9.17, 15) is 19.5 Å². The zero-order valence-corrected chi connectivity index (χ0v) is 15.7. The Hall–Kier alpha value is -2.93. The molecule has 1 aromatic carbocycles. The van der Waals surface area contributed by atoms with Crippen LogP contribution in [0.5, 0.6) is 0 Å². The molecule has 0 saturated carbocycles. The topological polar surface area (TPSA) is 95.5 Å². The van der Waals surface area contributed by atoms with Gasteiger partial charge in [0.2, 0.25) is 5.91 Å². The van der Waals surface area contributed by atoms with Gasteiger partial charge in [-0.2, -0.15) is 0 Å². The van der Waals surface area contributed by atoms with Gasteiger partial charge < -0.3 is 20.0 Å². The molecule has 0 aliphatic rings. The fourth-order valence-corrected chi connectivity index (χ4v) is 3.54. The van der Waals surface area contributed by atoms with Gasteiger partial charge in [0, 0.05) is 16.5 Å². The first kappa shape index (κ1) is 19.4. The van der Waals surface area contributed by atoms with Crippen LogP contribution in [0.15, 0.2) is 30.4 Å². The summed E-state index contributed by atoms with van der Waals surface area (Å²) in [4.78, 5) is 35.5. The van der Waals surface area contributed by atoms with Crippen molar-refractivity contribution in [1.29, 1.82) is 0 Å². The van der Waals surface area contributed by atoms with E-state index in [-0.39, 0.29) is 5.56 Å². The number of methoxy groups -OCH3 is 1. The van der Waals surface area contributed by atoms with E-state index >= 15 is 0 Å². The van der Waals surface area contributed by atoms with Crippen LogP contribution in [-0.4, -0.2) is 25.0 Å². The molecule has 26 heavy (non-hydrogen) atoms. The summed E-state index contributed by atoms with van der Waals surface area (Å²) >= 11 is 1.22. The molecule has 1 amide bonds. The van der Waals surface area contributed by atoms with E-state index in [0.717, 1.165) is 27.6 Å². The Labute approximate surface area is 155 Å². The summed E-state index contributed by atoms with van der Waals surface area (Å²) in [5, 5.41) is 13.3. The highest BCUT2D eigenvalue weighted by Crippen LogP contribution is 2.40. The van der Waals surface area contributed by atoms with Crippen LogP contribution < -0.4 is 10.4 Å². The number of ether oxygens (including phenoxy) is 1. The number of carbonyl (C=O) groups excluding carboxylic acids is 3. The van der Waals surface area contributed by atoms with Crippen LogP contribution in [0.1, 0.15) is 26.4 Å². The molecule has 1 heterocycles. The van der Waals surface area contributed by atoms with Gasteiger partial charge >= 0.3 is 5.97 Å². The lowest BCUT2D eigenvalue weighted by Crippen LogP contribution is -2.20. The van der Waals surface area contributed by atoms with Gasteiger partial charge in [0.1, 0.15) is 10.6 Å². The summed E-state index contributed by atoms with van der Waals surface area (Å²) < 4.78 is 4.88. The van der Waals surface area contributed by atoms with Crippen LogP contribution >= 0.6 is 11.3 Å². The molecule has 0 fully saturated rings. The predicted octanol–water partition coefficient (Wildman–Crippen LogP) is 2.37. The molecular weight excluding hydrogens is 354 g/mol. The molecule has 0 unspecified atom stereocenters. The van der Waals surface area contributed by atoms with E-state index in [2.05, 4.69) is 5.32 Å². The highest BCUT2D eigenvalue weighted by Gasteiger charge is 2.24. The molecule has 1 aromatic heterocycles. The number of nitrogens with one attached hydrogen (secondary N) is 1. The molecule has 6 nitrogen and oxygen atoms in total. The Morgan fingerprint density at radius 2 is 1.81 bits per heavy atom. The minimum atomic E-state index is -1.48. The number of anilines is 1. The minimum absolute atomic E-state index is 0.244. The van der Waals surface area contributed by atoms with Gasteiger partial charge in [-0.05, 0) is 43.5 Å². The fraction of sp³-hybridized carbons (Fsp3) is 0.211. The van der Waals surface area contributed by atoms with Crippen molar-refractivity contribution in [2.45, 2.75) is 20.8 Å². The quantitative estimate of drug-likeness (QED) is 0.642. The largest absolute Gasteiger partial charge is 0.545 e. The standard InChI is InChI=1S/C19H19NO5S/c1-10-5-6-13(9-11(10)2)16-12(3)26-18(17(16)19(24)25-4)20-14(21)7-8-15(22)23/h5-9H,1-4H3,(H,20,21)(H,22,23)/p-1/b8-7+. The smallest absolute Gasteiger partial charge is 0.341 e. The first-order valence-corrected chi connectivity index (χ1v) is 8.55. The zero-order valence-electron chi connectivity index (χ0n) is 14.8. The van der Waals surface area contributed by atoms with Crippen LogP contribution in [0.2, 0.25) is 0 Å². The molecular formula is C19H18NO5S-. The predicted molar refractivity (Wildman–Crippen MR) is 98.1 cm³/mol. The SMILES string of the molecule is COC(=O)c1c(NC(=O)/C=C/C(=O)[O-])sc(C)c1-c1ccc(C)c(C)c1. The maximum atomic E-state index is 12.4. The number of thiophene rings is 1. The van der Waals surface area contributed by atoms with E-state index in [0.29, 0.717) is 16.6 Å². The second-order valence-corrected chi connectivity index (χ2v) is 6.89. The van der Waals surface area contributed by atoms with E-state index in [1.807, 2.05) is 39.0 Å². The highest BCUT2D eigenvalue weighted by atomic mass is 32.1. The highest BCUT2D eigenvalue weighted by molar-refractivity contribution is 7.17. The van der Waals surface area contributed by atoms with Gasteiger partial charge in [-0.3, -0.25) is 4.79 Å². The number of hydrogen-bond acceptors (Lipinski definition) is 6. The number of amides is 1. The molecule has 0 aliphatic carbocycles. The van der Waals surface area contributed by atoms with Gasteiger partial charge in [-0.15, -0.1) is 11.3 Å². The lowest BCUT2D eigenvalue weighted by molar-refractivity contribution is -0.297. The van der Waals surface area contributed by atoms with Crippen molar-refractivity contribution < 1.29 is 24.2 Å². The van der Waals surface area contributed by atoms with Crippen LogP contribution in [0.3, 0.4) is 0 Å². The second-order valence-electron chi connectivity index (χ2n) is 5.67. The van der Waals surface area contributed by atoms with Crippen molar-refractivity contribution in [2.75, 3.05) is 12.4 Å². The summed E-state index contributed by atoms with van der Waals surface area (Å²) in [6.07, 6.45) is 1.46. The van der Waals surface area contributed by atoms with E-state index in [4.69, 9.17) is 4.74 Å². The van der Waals surface area contributed by atoms with Crippen molar-refractivity contribution in [1.82, 2.24) is 0 Å². The second kappa shape index (κ2) is 7.97. The van der Waals surface area contributed by atoms with Crippen LogP contribution in [0.25, 0.3) is 11.1 Å². The van der Waals surface area contributed by atoms with Crippen molar-refractivity contribution in [3.05, 3.63) is 51.9 Å². The number of aryl methyl sites for hydroxylation is 3. The van der Waals surface area contributed by atoms with Crippen molar-refractivity contribution in [2.24, 2.45) is 0 Å². The lowest BCUT2D eigenvalue weighted by Gasteiger charge is -2.09. The monoisotopic (exact) mass is 372 g/mol. The number of hydrogen-bond donors (Lipinski definition) is 1. The summed E-state index contributed by atoms with van der Waals surface area (Å²) in [5.74, 6) is -2.74. The van der Waals surface area contributed by atoms with E-state index in [1.54, 1.807) is 0 Å². The number of benzene rings is 1. The van der Waals surface area contributed by atoms with Gasteiger partial charge in [-0.25, -0.2) is 4.79 Å². The van der Waals surface area contributed by atoms with Crippen molar-refractivity contribution >= 4 is 34.2 Å². The molecule has 7 heteroatoms. The van der Waals surface area contributed by atoms with Gasteiger partial charge in [0.25, 0.3) is 0 Å². The van der Waals surface area contributed by atoms with Gasteiger partial charge in [0.05, 0.1) is 13.1 Å². The zero-order chi connectivity index (χ0) is 19.4. The fourth-order valence-electron chi connectivity index (χ4n) is 2.47.